The van der Waals surface area contributed by atoms with E-state index in [2.05, 4.69) is 57.2 Å². The fourth-order valence-electron chi connectivity index (χ4n) is 7.59. The molecule has 0 N–H and O–H groups in total. The first kappa shape index (κ1) is 58.6. The van der Waals surface area contributed by atoms with Crippen LogP contribution in [-0.4, -0.2) is 37.2 Å². The number of allylic oxidation sites excluding steroid dienone is 6. The van der Waals surface area contributed by atoms with Gasteiger partial charge in [-0.1, -0.05) is 231 Å². The third-order valence-corrected chi connectivity index (χ3v) is 11.6. The van der Waals surface area contributed by atoms with Gasteiger partial charge in [-0.2, -0.15) is 0 Å². The van der Waals surface area contributed by atoms with Gasteiger partial charge in [0.05, 0.1) is 0 Å². The van der Waals surface area contributed by atoms with Gasteiger partial charge in [0, 0.05) is 19.3 Å². The maximum absolute atomic E-state index is 12.8. The zero-order valence-electron chi connectivity index (χ0n) is 40.7. The predicted octanol–water partition coefficient (Wildman–Crippen LogP) is 17.3. The standard InChI is InChI=1S/C55H100O6/c1-4-7-10-13-16-19-22-24-26-27-28-29-31-33-36-39-42-45-48-54(57)60-51-52(50-59-53(56)47-44-41-38-35-32-21-18-15-12-9-6-3)61-55(58)49-46-43-40-37-34-30-25-23-20-17-14-11-8-5-2/h15,18,21,28-29,32,52H,4-14,16-17,19-20,22-27,30-31,33-51H2,1-3H3/b18-15-,29-28-,32-21-. The van der Waals surface area contributed by atoms with Gasteiger partial charge >= 0.3 is 17.9 Å². The normalized spacial score (nSPS) is 12.2. The summed E-state index contributed by atoms with van der Waals surface area (Å²) in [5.74, 6) is -0.907. The van der Waals surface area contributed by atoms with Gasteiger partial charge in [-0.25, -0.2) is 0 Å². The molecule has 61 heavy (non-hydrogen) atoms. The summed E-state index contributed by atoms with van der Waals surface area (Å²) in [4.78, 5) is 37.9. The molecule has 1 unspecified atom stereocenters. The van der Waals surface area contributed by atoms with Crippen molar-refractivity contribution in [1.82, 2.24) is 0 Å². The van der Waals surface area contributed by atoms with Crippen molar-refractivity contribution in [1.29, 1.82) is 0 Å². The van der Waals surface area contributed by atoms with Crippen LogP contribution >= 0.6 is 0 Å². The molecule has 356 valence electrons. The van der Waals surface area contributed by atoms with Gasteiger partial charge in [0.25, 0.3) is 0 Å². The average molecular weight is 857 g/mol. The molecule has 0 aliphatic rings. The van der Waals surface area contributed by atoms with Gasteiger partial charge in [-0.3, -0.25) is 14.4 Å². The Hall–Kier alpha value is -2.37. The van der Waals surface area contributed by atoms with Crippen molar-refractivity contribution in [3.8, 4) is 0 Å². The highest BCUT2D eigenvalue weighted by molar-refractivity contribution is 5.71. The number of unbranched alkanes of at least 4 members (excludes halogenated alkanes) is 32. The van der Waals surface area contributed by atoms with Crippen molar-refractivity contribution in [2.75, 3.05) is 13.2 Å². The van der Waals surface area contributed by atoms with Crippen molar-refractivity contribution in [3.63, 3.8) is 0 Å². The van der Waals surface area contributed by atoms with Gasteiger partial charge in [-0.05, 0) is 64.2 Å². The maximum atomic E-state index is 12.8. The zero-order valence-corrected chi connectivity index (χ0v) is 40.7. The Morgan fingerprint density at radius 2 is 0.607 bits per heavy atom. The summed E-state index contributed by atoms with van der Waals surface area (Å²) in [6.07, 6.45) is 58.5. The minimum atomic E-state index is -0.782. The van der Waals surface area contributed by atoms with Crippen molar-refractivity contribution >= 4 is 17.9 Å². The van der Waals surface area contributed by atoms with E-state index in [1.54, 1.807) is 0 Å². The summed E-state index contributed by atoms with van der Waals surface area (Å²) in [6.45, 7) is 6.58. The monoisotopic (exact) mass is 857 g/mol. The molecule has 6 nitrogen and oxygen atoms in total. The first-order chi connectivity index (χ1) is 30.0. The van der Waals surface area contributed by atoms with Crippen LogP contribution in [-0.2, 0) is 28.6 Å². The Morgan fingerprint density at radius 3 is 0.984 bits per heavy atom. The van der Waals surface area contributed by atoms with E-state index in [-0.39, 0.29) is 31.1 Å². The number of hydrogen-bond donors (Lipinski definition) is 0. The van der Waals surface area contributed by atoms with Crippen LogP contribution in [0.3, 0.4) is 0 Å². The summed E-state index contributed by atoms with van der Waals surface area (Å²) < 4.78 is 16.8. The molecule has 0 rings (SSSR count). The fraction of sp³-hybridized carbons (Fsp3) is 0.836. The molecular weight excluding hydrogens is 757 g/mol. The van der Waals surface area contributed by atoms with Crippen molar-refractivity contribution < 1.29 is 28.6 Å². The molecule has 0 aromatic rings. The number of rotatable bonds is 48. The first-order valence-corrected chi connectivity index (χ1v) is 26.5. The summed E-state index contributed by atoms with van der Waals surface area (Å²) in [7, 11) is 0. The van der Waals surface area contributed by atoms with Crippen LogP contribution in [0.2, 0.25) is 0 Å². The molecule has 0 aromatic heterocycles. The molecule has 0 heterocycles. The molecule has 0 aliphatic carbocycles. The third-order valence-electron chi connectivity index (χ3n) is 11.6. The Bertz CT molecular complexity index is 1030. The van der Waals surface area contributed by atoms with Crippen molar-refractivity contribution in [2.45, 2.75) is 284 Å². The molecule has 0 bridgehead atoms. The number of ether oxygens (including phenoxy) is 3. The second-order valence-corrected chi connectivity index (χ2v) is 17.8. The van der Waals surface area contributed by atoms with E-state index >= 15 is 0 Å². The lowest BCUT2D eigenvalue weighted by Crippen LogP contribution is -2.30. The molecule has 0 aromatic carbocycles. The van der Waals surface area contributed by atoms with Crippen LogP contribution < -0.4 is 0 Å². The molecule has 0 saturated carbocycles. The lowest BCUT2D eigenvalue weighted by atomic mass is 10.0. The first-order valence-electron chi connectivity index (χ1n) is 26.5. The van der Waals surface area contributed by atoms with E-state index < -0.39 is 6.10 Å². The topological polar surface area (TPSA) is 78.9 Å². The highest BCUT2D eigenvalue weighted by Crippen LogP contribution is 2.16. The van der Waals surface area contributed by atoms with Crippen LogP contribution in [0, 0.1) is 0 Å². The van der Waals surface area contributed by atoms with Crippen LogP contribution in [0.4, 0.5) is 0 Å². The smallest absolute Gasteiger partial charge is 0.306 e. The van der Waals surface area contributed by atoms with Crippen LogP contribution in [0.1, 0.15) is 278 Å². The van der Waals surface area contributed by atoms with Gasteiger partial charge < -0.3 is 14.2 Å². The average Bonchev–Trinajstić information content (AvgIpc) is 3.26. The lowest BCUT2D eigenvalue weighted by molar-refractivity contribution is -0.167. The van der Waals surface area contributed by atoms with E-state index in [1.807, 2.05) is 0 Å². The summed E-state index contributed by atoms with van der Waals surface area (Å²) >= 11 is 0. The molecule has 0 radical (unpaired) electrons. The van der Waals surface area contributed by atoms with Gasteiger partial charge in [0.1, 0.15) is 13.2 Å². The minimum absolute atomic E-state index is 0.0821. The zero-order chi connectivity index (χ0) is 44.4. The van der Waals surface area contributed by atoms with Gasteiger partial charge in [0.2, 0.25) is 0 Å². The third kappa shape index (κ3) is 48.5. The van der Waals surface area contributed by atoms with E-state index in [9.17, 15) is 14.4 Å². The SMILES string of the molecule is CCCC/C=C\C=C/CCCCCC(=O)OCC(COC(=O)CCCCCCC/C=C\CCCCCCCCCCC)OC(=O)CCCCCCCCCCCCCCCC. The highest BCUT2D eigenvalue weighted by Gasteiger charge is 2.19. The Kier molecular flexibility index (Phi) is 48.3. The van der Waals surface area contributed by atoms with E-state index in [4.69, 9.17) is 14.2 Å². The largest absolute Gasteiger partial charge is 0.462 e. The molecule has 0 fully saturated rings. The molecule has 1 atom stereocenters. The van der Waals surface area contributed by atoms with Crippen LogP contribution in [0.25, 0.3) is 0 Å². The van der Waals surface area contributed by atoms with E-state index in [0.29, 0.717) is 19.3 Å². The second-order valence-electron chi connectivity index (χ2n) is 17.8. The van der Waals surface area contributed by atoms with Crippen molar-refractivity contribution in [2.24, 2.45) is 0 Å². The maximum Gasteiger partial charge on any atom is 0.306 e. The predicted molar refractivity (Wildman–Crippen MR) is 261 cm³/mol. The Morgan fingerprint density at radius 1 is 0.328 bits per heavy atom. The Balaban J connectivity index is 4.34. The highest BCUT2D eigenvalue weighted by atomic mass is 16.6. The van der Waals surface area contributed by atoms with E-state index in [1.165, 1.54) is 161 Å². The molecule has 0 amide bonds. The molecule has 0 saturated heterocycles. The fourth-order valence-corrected chi connectivity index (χ4v) is 7.59. The quantitative estimate of drug-likeness (QED) is 0.0199. The van der Waals surface area contributed by atoms with Gasteiger partial charge in [-0.15, -0.1) is 0 Å². The molecule has 0 spiro atoms. The lowest BCUT2D eigenvalue weighted by Gasteiger charge is -2.18. The van der Waals surface area contributed by atoms with Crippen molar-refractivity contribution in [3.05, 3.63) is 36.5 Å². The number of esters is 3. The summed E-state index contributed by atoms with van der Waals surface area (Å²) in [6, 6.07) is 0. The summed E-state index contributed by atoms with van der Waals surface area (Å²) in [5, 5.41) is 0. The van der Waals surface area contributed by atoms with Crippen LogP contribution in [0.15, 0.2) is 36.5 Å². The minimum Gasteiger partial charge on any atom is -0.462 e. The van der Waals surface area contributed by atoms with E-state index in [0.717, 1.165) is 77.0 Å². The molecule has 6 heteroatoms. The Labute approximate surface area is 378 Å². The number of carbonyl (C=O) groups is 3. The number of carbonyl (C=O) groups excluding carboxylic acids is 3. The number of hydrogen-bond acceptors (Lipinski definition) is 6. The molecule has 0 aliphatic heterocycles. The summed E-state index contributed by atoms with van der Waals surface area (Å²) in [5.41, 5.74) is 0. The second kappa shape index (κ2) is 50.3. The molecular formula is C55H100O6. The van der Waals surface area contributed by atoms with Crippen LogP contribution in [0.5, 0.6) is 0 Å². The van der Waals surface area contributed by atoms with Gasteiger partial charge in [0.15, 0.2) is 6.10 Å².